The largest absolute Gasteiger partial charge is 0.367 e. The molecule has 4 nitrogen and oxygen atoms in total. The van der Waals surface area contributed by atoms with Crippen molar-refractivity contribution in [3.8, 4) is 0 Å². The molecule has 0 spiro atoms. The lowest BCUT2D eigenvalue weighted by Crippen LogP contribution is -2.31. The average Bonchev–Trinajstić information content (AvgIpc) is 1.97. The zero-order valence-electron chi connectivity index (χ0n) is 6.29. The third-order valence-electron chi connectivity index (χ3n) is 1.06. The Balaban J connectivity index is 3.29. The molecule has 3 N–H and O–H groups in total. The van der Waals surface area contributed by atoms with Crippen LogP contribution in [0.5, 0.6) is 0 Å². The van der Waals surface area contributed by atoms with Crippen LogP contribution in [0.2, 0.25) is 0 Å². The molecule has 11 heavy (non-hydrogen) atoms. The lowest BCUT2D eigenvalue weighted by molar-refractivity contribution is -0.123. The number of aliphatic hydroxyl groups is 2. The van der Waals surface area contributed by atoms with Crippen molar-refractivity contribution in [1.82, 2.24) is 5.32 Å². The van der Waals surface area contributed by atoms with E-state index >= 15 is 0 Å². The number of hydrogen-bond donors (Lipinski definition) is 3. The summed E-state index contributed by atoms with van der Waals surface area (Å²) in [6, 6.07) is 0. The van der Waals surface area contributed by atoms with Crippen LogP contribution in [-0.4, -0.2) is 29.0 Å². The fraction of sp³-hybridized carbons (Fsp3) is 0.571. The highest BCUT2D eigenvalue weighted by molar-refractivity contribution is 5.75. The number of allylic oxidation sites excluding steroid dienone is 1. The van der Waals surface area contributed by atoms with E-state index in [0.717, 1.165) is 0 Å². The molecule has 0 saturated heterocycles. The molecule has 0 unspecified atom stereocenters. The molecule has 4 heteroatoms. The summed E-state index contributed by atoms with van der Waals surface area (Å²) >= 11 is 0. The Hall–Kier alpha value is -0.870. The fourth-order valence-corrected chi connectivity index (χ4v) is 0.527. The number of amides is 1. The highest BCUT2D eigenvalue weighted by Crippen LogP contribution is 1.88. The summed E-state index contributed by atoms with van der Waals surface area (Å²) in [6.07, 6.45) is 1.11. The monoisotopic (exact) mass is 159 g/mol. The summed E-state index contributed by atoms with van der Waals surface area (Å²) in [6.45, 7) is 3.33. The molecule has 0 aliphatic carbocycles. The van der Waals surface area contributed by atoms with E-state index in [1.807, 2.05) is 0 Å². The van der Waals surface area contributed by atoms with E-state index in [2.05, 4.69) is 11.9 Å². The molecule has 64 valence electrons. The Morgan fingerprint density at radius 3 is 2.73 bits per heavy atom. The first kappa shape index (κ1) is 10.1. The summed E-state index contributed by atoms with van der Waals surface area (Å²) in [4.78, 5) is 10.7. The Morgan fingerprint density at radius 2 is 2.27 bits per heavy atom. The van der Waals surface area contributed by atoms with Crippen molar-refractivity contribution in [2.75, 3.05) is 6.54 Å². The van der Waals surface area contributed by atoms with Crippen molar-refractivity contribution < 1.29 is 15.0 Å². The van der Waals surface area contributed by atoms with E-state index in [0.29, 0.717) is 12.8 Å². The van der Waals surface area contributed by atoms with E-state index in [1.165, 1.54) is 0 Å². The molecule has 0 aliphatic rings. The van der Waals surface area contributed by atoms with Crippen LogP contribution in [0.15, 0.2) is 12.7 Å². The van der Waals surface area contributed by atoms with E-state index < -0.39 is 6.29 Å². The number of carbonyl (C=O) groups excluding carboxylic acids is 1. The molecule has 0 aromatic heterocycles. The minimum Gasteiger partial charge on any atom is -0.367 e. The van der Waals surface area contributed by atoms with Crippen molar-refractivity contribution in [1.29, 1.82) is 0 Å². The van der Waals surface area contributed by atoms with Crippen LogP contribution < -0.4 is 5.32 Å². The Kier molecular flexibility index (Phi) is 5.42. The Morgan fingerprint density at radius 1 is 1.64 bits per heavy atom. The lowest BCUT2D eigenvalue weighted by Gasteiger charge is -2.04. The number of rotatable bonds is 5. The number of nitrogens with one attached hydrogen (secondary N) is 1. The zero-order chi connectivity index (χ0) is 8.69. The molecule has 0 bridgehead atoms. The van der Waals surface area contributed by atoms with Gasteiger partial charge < -0.3 is 15.5 Å². The summed E-state index contributed by atoms with van der Waals surface area (Å²) in [5.41, 5.74) is 0. The van der Waals surface area contributed by atoms with Gasteiger partial charge in [-0.05, 0) is 6.42 Å². The van der Waals surface area contributed by atoms with E-state index in [-0.39, 0.29) is 12.5 Å². The van der Waals surface area contributed by atoms with Crippen molar-refractivity contribution >= 4 is 5.91 Å². The molecule has 0 radical (unpaired) electrons. The molecule has 0 heterocycles. The minimum absolute atomic E-state index is 0.115. The number of aliphatic hydroxyl groups excluding tert-OH is 1. The normalized spacial score (nSPS) is 9.73. The molecule has 0 rings (SSSR count). The predicted octanol–water partition coefficient (Wildman–Crippen LogP) is -0.621. The molecular formula is C7H13NO3. The quantitative estimate of drug-likeness (QED) is 0.370. The second-order valence-corrected chi connectivity index (χ2v) is 2.11. The van der Waals surface area contributed by atoms with Gasteiger partial charge in [-0.3, -0.25) is 4.79 Å². The molecule has 0 saturated carbocycles. The fourth-order valence-electron chi connectivity index (χ4n) is 0.527. The summed E-state index contributed by atoms with van der Waals surface area (Å²) in [5, 5.41) is 19.0. The van der Waals surface area contributed by atoms with Crippen LogP contribution >= 0.6 is 0 Å². The van der Waals surface area contributed by atoms with Crippen LogP contribution in [-0.2, 0) is 4.79 Å². The Bertz CT molecular complexity index is 134. The van der Waals surface area contributed by atoms with Crippen LogP contribution in [0.25, 0.3) is 0 Å². The SMILES string of the molecule is C=CCCC(=O)NCC(O)O. The zero-order valence-corrected chi connectivity index (χ0v) is 6.29. The molecule has 0 atom stereocenters. The minimum atomic E-state index is -1.47. The van der Waals surface area contributed by atoms with Crippen molar-refractivity contribution in [3.63, 3.8) is 0 Å². The standard InChI is InChI=1S/C7H13NO3/c1-2-3-4-6(9)8-5-7(10)11/h2,7,10-11H,1,3-5H2,(H,8,9). The number of hydrogen-bond acceptors (Lipinski definition) is 3. The first-order chi connectivity index (χ1) is 5.16. The first-order valence-electron chi connectivity index (χ1n) is 3.40. The maximum absolute atomic E-state index is 10.7. The smallest absolute Gasteiger partial charge is 0.220 e. The molecule has 0 aromatic rings. The van der Waals surface area contributed by atoms with Gasteiger partial charge >= 0.3 is 0 Å². The summed E-state index contributed by atoms with van der Waals surface area (Å²) in [5.74, 6) is -0.196. The van der Waals surface area contributed by atoms with Crippen molar-refractivity contribution in [2.45, 2.75) is 19.1 Å². The average molecular weight is 159 g/mol. The predicted molar refractivity (Wildman–Crippen MR) is 40.7 cm³/mol. The van der Waals surface area contributed by atoms with Gasteiger partial charge in [0.2, 0.25) is 5.91 Å². The maximum Gasteiger partial charge on any atom is 0.220 e. The second-order valence-electron chi connectivity index (χ2n) is 2.11. The van der Waals surface area contributed by atoms with Crippen LogP contribution in [0.1, 0.15) is 12.8 Å². The van der Waals surface area contributed by atoms with Crippen LogP contribution in [0, 0.1) is 0 Å². The third-order valence-corrected chi connectivity index (χ3v) is 1.06. The van der Waals surface area contributed by atoms with Gasteiger partial charge in [0, 0.05) is 6.42 Å². The highest BCUT2D eigenvalue weighted by atomic mass is 16.5. The first-order valence-corrected chi connectivity index (χ1v) is 3.40. The van der Waals surface area contributed by atoms with Gasteiger partial charge in [0.1, 0.15) is 0 Å². The van der Waals surface area contributed by atoms with E-state index in [9.17, 15) is 4.79 Å². The topological polar surface area (TPSA) is 69.6 Å². The summed E-state index contributed by atoms with van der Waals surface area (Å²) < 4.78 is 0. The second kappa shape index (κ2) is 5.88. The molecule has 1 amide bonds. The molecule has 0 aliphatic heterocycles. The van der Waals surface area contributed by atoms with Gasteiger partial charge in [0.25, 0.3) is 0 Å². The van der Waals surface area contributed by atoms with Gasteiger partial charge in [-0.15, -0.1) is 6.58 Å². The summed E-state index contributed by atoms with van der Waals surface area (Å²) in [7, 11) is 0. The van der Waals surface area contributed by atoms with Gasteiger partial charge in [-0.1, -0.05) is 6.08 Å². The van der Waals surface area contributed by atoms with Crippen LogP contribution in [0.4, 0.5) is 0 Å². The number of carbonyl (C=O) groups is 1. The van der Waals surface area contributed by atoms with Gasteiger partial charge in [0.15, 0.2) is 6.29 Å². The maximum atomic E-state index is 10.7. The van der Waals surface area contributed by atoms with E-state index in [4.69, 9.17) is 10.2 Å². The third kappa shape index (κ3) is 7.02. The Labute approximate surface area is 65.5 Å². The molecule has 0 aromatic carbocycles. The van der Waals surface area contributed by atoms with E-state index in [1.54, 1.807) is 6.08 Å². The molecular weight excluding hydrogens is 146 g/mol. The van der Waals surface area contributed by atoms with Crippen molar-refractivity contribution in [2.24, 2.45) is 0 Å². The lowest BCUT2D eigenvalue weighted by atomic mass is 10.3. The van der Waals surface area contributed by atoms with Gasteiger partial charge in [-0.2, -0.15) is 0 Å². The van der Waals surface area contributed by atoms with Crippen LogP contribution in [0.3, 0.4) is 0 Å². The van der Waals surface area contributed by atoms with Crippen molar-refractivity contribution in [3.05, 3.63) is 12.7 Å². The molecule has 0 fully saturated rings. The van der Waals surface area contributed by atoms with Gasteiger partial charge in [-0.25, -0.2) is 0 Å². The highest BCUT2D eigenvalue weighted by Gasteiger charge is 2.01. The van der Waals surface area contributed by atoms with Gasteiger partial charge in [0.05, 0.1) is 6.54 Å².